The van der Waals surface area contributed by atoms with E-state index in [1.54, 1.807) is 34.8 Å². The van der Waals surface area contributed by atoms with Crippen molar-refractivity contribution in [3.8, 4) is 21.2 Å². The van der Waals surface area contributed by atoms with Gasteiger partial charge in [0.2, 0.25) is 11.8 Å². The van der Waals surface area contributed by atoms with Gasteiger partial charge in [0.1, 0.15) is 46.4 Å². The van der Waals surface area contributed by atoms with Crippen LogP contribution in [0, 0.1) is 33.1 Å². The number of aliphatic imine (C=N–C) groups is 1. The molecule has 7 heterocycles. The highest BCUT2D eigenvalue weighted by Crippen LogP contribution is 2.40. The lowest BCUT2D eigenvalue weighted by Gasteiger charge is -2.35. The number of hydrogen-bond donors (Lipinski definition) is 4. The molecule has 4 aromatic heterocycles. The van der Waals surface area contributed by atoms with Gasteiger partial charge in [0.15, 0.2) is 11.6 Å². The summed E-state index contributed by atoms with van der Waals surface area (Å²) in [7, 11) is 0. The topological polar surface area (TPSA) is 218 Å². The number of carbonyl (C=O) groups is 4. The Morgan fingerprint density at radius 3 is 2.38 bits per heavy atom. The number of thiophene rings is 1. The molecule has 10 rings (SSSR count). The minimum Gasteiger partial charge on any atom is -0.488 e. The summed E-state index contributed by atoms with van der Waals surface area (Å²) in [5.41, 5.74) is 9.07. The molecule has 2 saturated heterocycles. The SMILES string of the molecule is Cc1ncsc1-c1ccc([C@H](C)NC(=O)[C@@H]2C[C@@H](O)CN2C(=O)[C@@H](NC(=O)c2cc3cc(OC4CCN(c5ccc(C6=N[C@@H](CC(=O)O)c7nnc(C)n7-c7sc(C)c(C)c76)cc5)C4)ccc3o2)C(C)(C)C)cc1. The Balaban J connectivity index is 0.782. The Bertz CT molecular complexity index is 3330. The normalized spacial score (nSPS) is 19.4. The molecule has 0 radical (unpaired) electrons. The second-order valence-electron chi connectivity index (χ2n) is 20.6. The quantitative estimate of drug-likeness (QED) is 0.0856. The number of aromatic nitrogens is 4. The number of fused-ring (bicyclic) bond motifs is 4. The summed E-state index contributed by atoms with van der Waals surface area (Å²) < 4.78 is 14.5. The number of nitrogens with zero attached hydrogens (tertiary/aromatic N) is 7. The Labute approximate surface area is 436 Å². The second kappa shape index (κ2) is 19.9. The van der Waals surface area contributed by atoms with Gasteiger partial charge in [0.25, 0.3) is 5.91 Å². The Hall–Kier alpha value is -7.22. The molecule has 0 bridgehead atoms. The summed E-state index contributed by atoms with van der Waals surface area (Å²) in [6.45, 7) is 16.7. The van der Waals surface area contributed by atoms with Gasteiger partial charge >= 0.3 is 5.97 Å². The number of carbonyl (C=O) groups excluding carboxylic acids is 3. The first-order valence-corrected chi connectivity index (χ1v) is 26.5. The summed E-state index contributed by atoms with van der Waals surface area (Å²) in [5, 5.41) is 36.8. The maximum absolute atomic E-state index is 14.4. The van der Waals surface area contributed by atoms with Gasteiger partial charge in [-0.1, -0.05) is 57.2 Å². The molecule has 0 saturated carbocycles. The van der Waals surface area contributed by atoms with Gasteiger partial charge < -0.3 is 39.8 Å². The number of nitrogens with one attached hydrogen (secondary N) is 2. The van der Waals surface area contributed by atoms with E-state index in [0.717, 1.165) is 72.6 Å². The van der Waals surface area contributed by atoms with Crippen molar-refractivity contribution in [1.29, 1.82) is 0 Å². The maximum atomic E-state index is 14.4. The van der Waals surface area contributed by atoms with Gasteiger partial charge in [-0.3, -0.25) is 28.7 Å². The summed E-state index contributed by atoms with van der Waals surface area (Å²) in [6, 6.07) is 20.1. The van der Waals surface area contributed by atoms with Crippen molar-refractivity contribution < 1.29 is 38.5 Å². The van der Waals surface area contributed by atoms with Gasteiger partial charge in [-0.2, -0.15) is 0 Å². The van der Waals surface area contributed by atoms with E-state index in [2.05, 4.69) is 56.7 Å². The average Bonchev–Trinajstić information content (AvgIpc) is 4.24. The number of carboxylic acids is 1. The molecule has 0 aliphatic carbocycles. The molecular weight excluding hydrogens is 979 g/mol. The number of aliphatic hydroxyl groups excluding tert-OH is 1. The van der Waals surface area contributed by atoms with Crippen LogP contribution in [0.5, 0.6) is 5.75 Å². The summed E-state index contributed by atoms with van der Waals surface area (Å²) in [6.07, 6.45) is -0.403. The molecular formula is C55H59N9O8S2. The molecule has 3 amide bonds. The zero-order valence-corrected chi connectivity index (χ0v) is 44.1. The summed E-state index contributed by atoms with van der Waals surface area (Å²) >= 11 is 3.20. The monoisotopic (exact) mass is 1040 g/mol. The molecule has 7 aromatic rings. The smallest absolute Gasteiger partial charge is 0.306 e. The van der Waals surface area contributed by atoms with Gasteiger partial charge in [0, 0.05) is 53.0 Å². The fourth-order valence-electron chi connectivity index (χ4n) is 10.2. The predicted octanol–water partition coefficient (Wildman–Crippen LogP) is 8.44. The number of aryl methyl sites for hydroxylation is 3. The van der Waals surface area contributed by atoms with E-state index in [4.69, 9.17) is 14.1 Å². The van der Waals surface area contributed by atoms with Crippen LogP contribution < -0.4 is 20.3 Å². The molecule has 0 spiro atoms. The van der Waals surface area contributed by atoms with Crippen LogP contribution in [0.25, 0.3) is 26.4 Å². The first-order valence-electron chi connectivity index (χ1n) is 24.8. The van der Waals surface area contributed by atoms with Crippen LogP contribution in [-0.2, 0) is 14.4 Å². The van der Waals surface area contributed by atoms with Crippen LogP contribution in [0.1, 0.15) is 114 Å². The van der Waals surface area contributed by atoms with E-state index in [1.165, 1.54) is 4.90 Å². The molecule has 19 heteroatoms. The number of hydrogen-bond acceptors (Lipinski definition) is 14. The number of amides is 3. The van der Waals surface area contributed by atoms with Gasteiger partial charge in [-0.25, -0.2) is 4.98 Å². The number of β-amino-alcohol motifs (C(OH)–C–C–N with tert-alkyl or cyclic N) is 1. The van der Waals surface area contributed by atoms with Crippen molar-refractivity contribution in [3.63, 3.8) is 0 Å². The van der Waals surface area contributed by atoms with Crippen LogP contribution in [0.3, 0.4) is 0 Å². The van der Waals surface area contributed by atoms with Crippen LogP contribution in [0.4, 0.5) is 5.69 Å². The van der Waals surface area contributed by atoms with Crippen LogP contribution in [0.15, 0.2) is 87.7 Å². The zero-order chi connectivity index (χ0) is 52.3. The van der Waals surface area contributed by atoms with E-state index in [9.17, 15) is 29.4 Å². The van der Waals surface area contributed by atoms with E-state index >= 15 is 0 Å². The molecule has 4 N–H and O–H groups in total. The number of furan rings is 1. The zero-order valence-electron chi connectivity index (χ0n) is 42.5. The number of benzene rings is 3. The van der Waals surface area contributed by atoms with Crippen LogP contribution >= 0.6 is 22.7 Å². The molecule has 384 valence electrons. The third-order valence-electron chi connectivity index (χ3n) is 14.3. The van der Waals surface area contributed by atoms with Crippen molar-refractivity contribution in [2.45, 2.75) is 111 Å². The number of thiazole rings is 1. The third kappa shape index (κ3) is 9.82. The standard InChI is InChI=1S/C55H59N9O8S2/c1-28-31(4)74-54-46(28)47(58-41(24-45(66)67)50-61-60-32(5)64(50)54)34-13-15-37(16-14-34)62-20-19-40(26-62)71-39-17-18-43-36(21-39)22-44(72-43)52(69)59-49(55(6,7)8)53(70)63-25-38(65)23-42(63)51(68)57-29(2)33-9-11-35(12-10-33)48-30(3)56-27-73-48/h9-18,21-22,27,29,38,40-42,49,65H,19-20,23-26H2,1-8H3,(H,57,68)(H,59,69)(H,66,67)/t29-,38+,40?,41-,42-,49+/m0/s1. The fourth-order valence-corrected chi connectivity index (χ4v) is 12.2. The number of likely N-dealkylation sites (tertiary alicyclic amines) is 1. The lowest BCUT2D eigenvalue weighted by atomic mass is 9.85. The van der Waals surface area contributed by atoms with Crippen LogP contribution in [-0.4, -0.2) is 108 Å². The Morgan fingerprint density at radius 2 is 1.68 bits per heavy atom. The highest BCUT2D eigenvalue weighted by Gasteiger charge is 2.45. The van der Waals surface area contributed by atoms with E-state index in [1.807, 2.05) is 100 Å². The lowest BCUT2D eigenvalue weighted by Crippen LogP contribution is -2.57. The minimum atomic E-state index is -1.05. The first-order chi connectivity index (χ1) is 35.3. The van der Waals surface area contributed by atoms with Gasteiger partial charge in [-0.05, 0) is 93.1 Å². The lowest BCUT2D eigenvalue weighted by molar-refractivity contribution is -0.142. The summed E-state index contributed by atoms with van der Waals surface area (Å²) in [4.78, 5) is 69.5. The largest absolute Gasteiger partial charge is 0.488 e. The van der Waals surface area contributed by atoms with E-state index in [0.29, 0.717) is 34.9 Å². The number of aliphatic hydroxyl groups is 1. The predicted molar refractivity (Wildman–Crippen MR) is 284 cm³/mol. The highest BCUT2D eigenvalue weighted by atomic mass is 32.1. The molecule has 6 atom stereocenters. The molecule has 3 aliphatic rings. The van der Waals surface area contributed by atoms with E-state index < -0.39 is 47.4 Å². The first kappa shape index (κ1) is 50.3. The molecule has 1 unspecified atom stereocenters. The molecule has 3 aliphatic heterocycles. The van der Waals surface area contributed by atoms with E-state index in [-0.39, 0.29) is 43.2 Å². The average molecular weight is 1040 g/mol. The maximum Gasteiger partial charge on any atom is 0.306 e. The van der Waals surface area contributed by atoms with Crippen molar-refractivity contribution in [2.24, 2.45) is 10.4 Å². The molecule has 74 heavy (non-hydrogen) atoms. The number of anilines is 1. The second-order valence-corrected chi connectivity index (χ2v) is 22.7. The van der Waals surface area contributed by atoms with Crippen molar-refractivity contribution in [1.82, 2.24) is 35.3 Å². The van der Waals surface area contributed by atoms with Gasteiger partial charge in [0.05, 0.1) is 46.9 Å². The Morgan fingerprint density at radius 1 is 0.932 bits per heavy atom. The Kier molecular flexibility index (Phi) is 13.5. The highest BCUT2D eigenvalue weighted by molar-refractivity contribution is 7.15. The van der Waals surface area contributed by atoms with Crippen molar-refractivity contribution in [3.05, 3.63) is 129 Å². The summed E-state index contributed by atoms with van der Waals surface area (Å²) in [5.74, 6) is -0.586. The van der Waals surface area contributed by atoms with Gasteiger partial charge in [-0.15, -0.1) is 32.9 Å². The number of ether oxygens (including phenoxy) is 1. The molecule has 2 fully saturated rings. The molecule has 3 aromatic carbocycles. The number of carboxylic acid groups (broad SMARTS) is 1. The molecule has 17 nitrogen and oxygen atoms in total. The van der Waals surface area contributed by atoms with Crippen molar-refractivity contribution >= 4 is 68.7 Å². The van der Waals surface area contributed by atoms with Crippen LogP contribution in [0.2, 0.25) is 0 Å². The minimum absolute atomic E-state index is 0.0154. The van der Waals surface area contributed by atoms with Crippen molar-refractivity contribution in [2.75, 3.05) is 24.5 Å². The fraction of sp³-hybridized carbons (Fsp3) is 0.382. The number of aliphatic carboxylic acids is 1. The number of rotatable bonds is 13. The third-order valence-corrected chi connectivity index (χ3v) is 16.5.